The average Bonchev–Trinajstić information content (AvgIpc) is 2.85. The van der Waals surface area contributed by atoms with E-state index in [1.807, 2.05) is 6.92 Å². The van der Waals surface area contributed by atoms with Crippen LogP contribution in [0.1, 0.15) is 30.2 Å². The van der Waals surface area contributed by atoms with Gasteiger partial charge in [-0.2, -0.15) is 0 Å². The number of hydrogen-bond donors (Lipinski definition) is 0. The van der Waals surface area contributed by atoms with Gasteiger partial charge < -0.3 is 4.74 Å². The molecule has 0 saturated heterocycles. The molecule has 0 radical (unpaired) electrons. The van der Waals surface area contributed by atoms with Crippen molar-refractivity contribution in [3.63, 3.8) is 0 Å². The van der Waals surface area contributed by atoms with Crippen LogP contribution in [0.4, 0.5) is 0 Å². The molecular weight excluding hydrogens is 292 g/mol. The second kappa shape index (κ2) is 5.69. The van der Waals surface area contributed by atoms with E-state index >= 15 is 0 Å². The predicted molar refractivity (Wildman–Crippen MR) is 81.4 cm³/mol. The van der Waals surface area contributed by atoms with E-state index in [1.165, 1.54) is 42.2 Å². The Balaban J connectivity index is 2.02. The average molecular weight is 308 g/mol. The van der Waals surface area contributed by atoms with Gasteiger partial charge in [0.15, 0.2) is 0 Å². The number of methoxy groups -OCH3 is 1. The summed E-state index contributed by atoms with van der Waals surface area (Å²) in [5.74, 6) is -0.217. The summed E-state index contributed by atoms with van der Waals surface area (Å²) in [6, 6.07) is 0. The number of aryl methyl sites for hydroxylation is 2. The number of aromatic nitrogens is 2. The molecule has 0 unspecified atom stereocenters. The first kappa shape index (κ1) is 13.8. The van der Waals surface area contributed by atoms with Gasteiger partial charge in [-0.25, -0.2) is 9.97 Å². The molecule has 0 aliphatic heterocycles. The highest BCUT2D eigenvalue weighted by Gasteiger charge is 2.23. The maximum Gasteiger partial charge on any atom is 0.318 e. The van der Waals surface area contributed by atoms with Crippen LogP contribution in [0.25, 0.3) is 10.2 Å². The summed E-state index contributed by atoms with van der Waals surface area (Å²) in [6.07, 6.45) is 6.32. The number of fused-ring (bicyclic) bond motifs is 3. The fourth-order valence-corrected chi connectivity index (χ4v) is 4.80. The van der Waals surface area contributed by atoms with E-state index in [0.29, 0.717) is 0 Å². The quantitative estimate of drug-likeness (QED) is 0.495. The van der Waals surface area contributed by atoms with Crippen molar-refractivity contribution in [3.8, 4) is 0 Å². The van der Waals surface area contributed by atoms with Gasteiger partial charge in [0.2, 0.25) is 0 Å². The summed E-state index contributed by atoms with van der Waals surface area (Å²) in [4.78, 5) is 22.9. The molecule has 0 aromatic carbocycles. The van der Waals surface area contributed by atoms with E-state index in [9.17, 15) is 4.79 Å². The molecule has 6 heteroatoms. The predicted octanol–water partition coefficient (Wildman–Crippen LogP) is 3.22. The van der Waals surface area contributed by atoms with Crippen molar-refractivity contribution in [3.05, 3.63) is 16.8 Å². The van der Waals surface area contributed by atoms with E-state index in [0.717, 1.165) is 28.1 Å². The highest BCUT2D eigenvalue weighted by Crippen LogP contribution is 2.40. The zero-order valence-electron chi connectivity index (χ0n) is 11.5. The van der Waals surface area contributed by atoms with E-state index < -0.39 is 0 Å². The first-order valence-corrected chi connectivity index (χ1v) is 8.40. The fourth-order valence-electron chi connectivity index (χ4n) is 2.53. The Bertz CT molecular complexity index is 654. The molecule has 1 aliphatic carbocycles. The van der Waals surface area contributed by atoms with Gasteiger partial charge in [-0.05, 0) is 38.2 Å². The third-order valence-electron chi connectivity index (χ3n) is 3.54. The molecule has 2 aromatic rings. The summed E-state index contributed by atoms with van der Waals surface area (Å²) in [7, 11) is 1.42. The Hall–Kier alpha value is -1.14. The zero-order valence-corrected chi connectivity index (χ0v) is 13.1. The maximum atomic E-state index is 11.6. The number of carbonyl (C=O) groups is 1. The summed E-state index contributed by atoms with van der Waals surface area (Å²) in [5.41, 5.74) is 1.40. The van der Waals surface area contributed by atoms with E-state index in [4.69, 9.17) is 4.74 Å². The molecule has 3 rings (SSSR count). The van der Waals surface area contributed by atoms with Gasteiger partial charge in [0, 0.05) is 10.3 Å². The summed E-state index contributed by atoms with van der Waals surface area (Å²) < 4.78 is 4.79. The van der Waals surface area contributed by atoms with Gasteiger partial charge >= 0.3 is 5.97 Å². The summed E-state index contributed by atoms with van der Waals surface area (Å²) >= 11 is 3.24. The first-order chi connectivity index (χ1) is 9.70. The Kier molecular flexibility index (Phi) is 3.94. The van der Waals surface area contributed by atoms with E-state index in [2.05, 4.69) is 9.97 Å². The van der Waals surface area contributed by atoms with Crippen LogP contribution in [0.5, 0.6) is 0 Å². The Morgan fingerprint density at radius 1 is 1.40 bits per heavy atom. The smallest absolute Gasteiger partial charge is 0.318 e. The molecule has 0 amide bonds. The van der Waals surface area contributed by atoms with Crippen molar-refractivity contribution in [1.82, 2.24) is 9.97 Å². The summed E-state index contributed by atoms with van der Waals surface area (Å²) in [5, 5.41) is 1.82. The number of thiophene rings is 1. The number of ether oxygens (including phenoxy) is 1. The molecule has 4 nitrogen and oxygen atoms in total. The van der Waals surface area contributed by atoms with E-state index in [1.54, 1.807) is 17.7 Å². The van der Waals surface area contributed by atoms with Gasteiger partial charge in [0.05, 0.1) is 7.11 Å². The molecule has 2 heterocycles. The largest absolute Gasteiger partial charge is 0.468 e. The van der Waals surface area contributed by atoms with Crippen LogP contribution in [0.15, 0.2) is 11.4 Å². The first-order valence-electron chi connectivity index (χ1n) is 6.70. The minimum absolute atomic E-state index is 0.217. The van der Waals surface area contributed by atoms with Crippen LogP contribution < -0.4 is 0 Å². The molecule has 1 aliphatic rings. The zero-order chi connectivity index (χ0) is 14.1. The van der Waals surface area contributed by atoms with Crippen molar-refractivity contribution >= 4 is 39.3 Å². The molecule has 0 bridgehead atoms. The highest BCUT2D eigenvalue weighted by molar-refractivity contribution is 8.00. The summed E-state index contributed by atoms with van der Waals surface area (Å²) in [6.45, 7) is 1.85. The topological polar surface area (TPSA) is 52.1 Å². The Labute approximate surface area is 126 Å². The standard InChI is InChI=1S/C14H16N2O2S2/c1-8(14(17)18-2)19-12-11-9-5-3-4-6-10(9)20-13(11)16-7-15-12/h7-8H,3-6H2,1-2H3/t8-/m0/s1. The number of thioether (sulfide) groups is 1. The lowest BCUT2D eigenvalue weighted by Crippen LogP contribution is -2.14. The second-order valence-corrected chi connectivity index (χ2v) is 7.27. The molecule has 0 saturated carbocycles. The molecule has 1 atom stereocenters. The van der Waals surface area contributed by atoms with Crippen molar-refractivity contribution < 1.29 is 9.53 Å². The molecule has 0 N–H and O–H groups in total. The van der Waals surface area contributed by atoms with Crippen LogP contribution in [-0.2, 0) is 22.4 Å². The minimum Gasteiger partial charge on any atom is -0.468 e. The molecule has 106 valence electrons. The van der Waals surface area contributed by atoms with Crippen LogP contribution in [0, 0.1) is 0 Å². The number of hydrogen-bond acceptors (Lipinski definition) is 6. The van der Waals surface area contributed by atoms with Crippen LogP contribution in [-0.4, -0.2) is 28.3 Å². The van der Waals surface area contributed by atoms with Crippen LogP contribution >= 0.6 is 23.1 Å². The van der Waals surface area contributed by atoms with Gasteiger partial charge in [-0.1, -0.05) is 11.8 Å². The number of carbonyl (C=O) groups excluding carboxylic acids is 1. The normalized spacial score (nSPS) is 15.9. The Morgan fingerprint density at radius 3 is 3.00 bits per heavy atom. The number of nitrogens with zero attached hydrogens (tertiary/aromatic N) is 2. The maximum absolute atomic E-state index is 11.6. The van der Waals surface area contributed by atoms with Crippen molar-refractivity contribution in [1.29, 1.82) is 0 Å². The molecule has 0 fully saturated rings. The molecular formula is C14H16N2O2S2. The van der Waals surface area contributed by atoms with Crippen molar-refractivity contribution in [2.45, 2.75) is 42.9 Å². The van der Waals surface area contributed by atoms with Crippen LogP contribution in [0.3, 0.4) is 0 Å². The van der Waals surface area contributed by atoms with Gasteiger partial charge in [0.1, 0.15) is 21.4 Å². The molecule has 20 heavy (non-hydrogen) atoms. The highest BCUT2D eigenvalue weighted by atomic mass is 32.2. The minimum atomic E-state index is -0.253. The number of rotatable bonds is 3. The van der Waals surface area contributed by atoms with Crippen molar-refractivity contribution in [2.75, 3.05) is 7.11 Å². The molecule has 0 spiro atoms. The monoisotopic (exact) mass is 308 g/mol. The lowest BCUT2D eigenvalue weighted by Gasteiger charge is -2.12. The molecule has 2 aromatic heterocycles. The van der Waals surface area contributed by atoms with Crippen LogP contribution in [0.2, 0.25) is 0 Å². The second-order valence-electron chi connectivity index (χ2n) is 4.85. The third-order valence-corrected chi connectivity index (χ3v) is 5.82. The van der Waals surface area contributed by atoms with E-state index in [-0.39, 0.29) is 11.2 Å². The van der Waals surface area contributed by atoms with Gasteiger partial charge in [0.25, 0.3) is 0 Å². The van der Waals surface area contributed by atoms with Gasteiger partial charge in [-0.3, -0.25) is 4.79 Å². The van der Waals surface area contributed by atoms with Gasteiger partial charge in [-0.15, -0.1) is 11.3 Å². The third kappa shape index (κ3) is 2.42. The lowest BCUT2D eigenvalue weighted by molar-refractivity contribution is -0.139. The fraction of sp³-hybridized carbons (Fsp3) is 0.500. The number of esters is 1. The SMILES string of the molecule is COC(=O)[C@H](C)Sc1ncnc2sc3c(c12)CCCC3. The lowest BCUT2D eigenvalue weighted by atomic mass is 9.97. The Morgan fingerprint density at radius 2 is 2.20 bits per heavy atom. The van der Waals surface area contributed by atoms with Crippen molar-refractivity contribution in [2.24, 2.45) is 0 Å².